The lowest BCUT2D eigenvalue weighted by Gasteiger charge is -2.10. The molecule has 11 aromatic rings. The average Bonchev–Trinajstić information content (AvgIpc) is 3.83. The summed E-state index contributed by atoms with van der Waals surface area (Å²) in [4.78, 5) is 10.5. The predicted molar refractivity (Wildman–Crippen MR) is 216 cm³/mol. The van der Waals surface area contributed by atoms with Crippen LogP contribution in [0.15, 0.2) is 170 Å². The fraction of sp³-hybridized carbons (Fsp3) is 0. The first kappa shape index (κ1) is 27.7. The molecule has 0 atom stereocenters. The molecule has 0 saturated carbocycles. The van der Waals surface area contributed by atoms with Crippen molar-refractivity contribution >= 4 is 65.3 Å². The highest BCUT2D eigenvalue weighted by molar-refractivity contribution is 6.15. The van der Waals surface area contributed by atoms with E-state index in [1.54, 1.807) is 0 Å². The molecule has 12 rings (SSSR count). The second kappa shape index (κ2) is 10.3. The Labute approximate surface area is 298 Å². The molecule has 3 heterocycles. The second-order valence-electron chi connectivity index (χ2n) is 13.8. The van der Waals surface area contributed by atoms with Crippen molar-refractivity contribution < 1.29 is 0 Å². The highest BCUT2D eigenvalue weighted by Gasteiger charge is 2.25. The Hall–Kier alpha value is -7.04. The molecule has 0 aliphatic heterocycles. The molecule has 1 aliphatic carbocycles. The quantitative estimate of drug-likeness (QED) is 0.189. The lowest BCUT2D eigenvalue weighted by atomic mass is 9.98. The Bertz CT molecular complexity index is 3290. The zero-order valence-electron chi connectivity index (χ0n) is 28.0. The van der Waals surface area contributed by atoms with Gasteiger partial charge in [0.1, 0.15) is 0 Å². The van der Waals surface area contributed by atoms with Gasteiger partial charge in [0.15, 0.2) is 0 Å². The summed E-state index contributed by atoms with van der Waals surface area (Å²) < 4.78 is 4.61. The van der Waals surface area contributed by atoms with E-state index >= 15 is 0 Å². The van der Waals surface area contributed by atoms with Crippen LogP contribution in [-0.2, 0) is 0 Å². The number of aromatic nitrogens is 4. The monoisotopic (exact) mass is 660 g/mol. The molecule has 8 aromatic carbocycles. The van der Waals surface area contributed by atoms with Crippen LogP contribution in [-0.4, -0.2) is 19.1 Å². The number of hydrogen-bond donors (Lipinski definition) is 0. The molecule has 0 amide bonds. The Morgan fingerprint density at radius 3 is 1.87 bits per heavy atom. The third kappa shape index (κ3) is 3.75. The van der Waals surface area contributed by atoms with E-state index in [4.69, 9.17) is 9.97 Å². The van der Waals surface area contributed by atoms with Gasteiger partial charge in [0.25, 0.3) is 0 Å². The van der Waals surface area contributed by atoms with Gasteiger partial charge in [-0.15, -0.1) is 0 Å². The second-order valence-corrected chi connectivity index (χ2v) is 13.8. The molecule has 0 fully saturated rings. The highest BCUT2D eigenvalue weighted by atomic mass is 15.2. The van der Waals surface area contributed by atoms with Crippen molar-refractivity contribution in [1.82, 2.24) is 19.1 Å². The van der Waals surface area contributed by atoms with E-state index in [0.717, 1.165) is 27.6 Å². The van der Waals surface area contributed by atoms with Crippen molar-refractivity contribution in [3.63, 3.8) is 0 Å². The van der Waals surface area contributed by atoms with Gasteiger partial charge in [-0.1, -0.05) is 109 Å². The normalized spacial score (nSPS) is 12.2. The molecule has 240 valence electrons. The van der Waals surface area contributed by atoms with E-state index in [9.17, 15) is 0 Å². The molecular formula is C48H28N4. The van der Waals surface area contributed by atoms with E-state index in [0.29, 0.717) is 5.95 Å². The summed E-state index contributed by atoms with van der Waals surface area (Å²) >= 11 is 0. The molecule has 0 spiro atoms. The fourth-order valence-corrected chi connectivity index (χ4v) is 8.73. The number of benzene rings is 8. The van der Waals surface area contributed by atoms with Crippen LogP contribution in [0.25, 0.3) is 110 Å². The van der Waals surface area contributed by atoms with Crippen LogP contribution in [0.3, 0.4) is 0 Å². The van der Waals surface area contributed by atoms with Gasteiger partial charge in [-0.3, -0.25) is 4.57 Å². The SMILES string of the molecule is c1ccc(-n2c3ccccc3c3cc4cc(-c5ccc6c(c5)c5ccccc5n6-c5nc6c7c(cccc7n5)-c5ccccc5-6)ccc4cc32)cc1. The molecule has 0 saturated heterocycles. The molecular weight excluding hydrogens is 633 g/mol. The van der Waals surface area contributed by atoms with Crippen molar-refractivity contribution in [2.24, 2.45) is 0 Å². The lowest BCUT2D eigenvalue weighted by Crippen LogP contribution is -2.02. The maximum atomic E-state index is 5.29. The molecule has 0 bridgehead atoms. The van der Waals surface area contributed by atoms with Crippen LogP contribution in [0.4, 0.5) is 0 Å². The first-order chi connectivity index (χ1) is 25.8. The van der Waals surface area contributed by atoms with Crippen molar-refractivity contribution in [2.45, 2.75) is 0 Å². The van der Waals surface area contributed by atoms with E-state index in [1.165, 1.54) is 76.9 Å². The summed E-state index contributed by atoms with van der Waals surface area (Å²) in [7, 11) is 0. The molecule has 1 aliphatic rings. The molecule has 4 heteroatoms. The maximum absolute atomic E-state index is 5.29. The van der Waals surface area contributed by atoms with Crippen LogP contribution < -0.4 is 0 Å². The number of fused-ring (bicyclic) bond motifs is 10. The van der Waals surface area contributed by atoms with Gasteiger partial charge in [0, 0.05) is 38.2 Å². The summed E-state index contributed by atoms with van der Waals surface area (Å²) in [5.74, 6) is 0.694. The van der Waals surface area contributed by atoms with Crippen LogP contribution in [0.5, 0.6) is 0 Å². The average molecular weight is 661 g/mol. The largest absolute Gasteiger partial charge is 0.309 e. The Morgan fingerprint density at radius 1 is 0.365 bits per heavy atom. The third-order valence-corrected chi connectivity index (χ3v) is 11.0. The van der Waals surface area contributed by atoms with E-state index < -0.39 is 0 Å². The van der Waals surface area contributed by atoms with Crippen molar-refractivity contribution in [2.75, 3.05) is 0 Å². The smallest absolute Gasteiger partial charge is 0.235 e. The fourth-order valence-electron chi connectivity index (χ4n) is 8.73. The number of nitrogens with zero attached hydrogens (tertiary/aromatic N) is 4. The maximum Gasteiger partial charge on any atom is 0.235 e. The Morgan fingerprint density at radius 2 is 1.02 bits per heavy atom. The van der Waals surface area contributed by atoms with Crippen molar-refractivity contribution in [3.05, 3.63) is 170 Å². The predicted octanol–water partition coefficient (Wildman–Crippen LogP) is 12.3. The number of rotatable bonds is 3. The number of para-hydroxylation sites is 3. The molecule has 0 unspecified atom stereocenters. The van der Waals surface area contributed by atoms with Gasteiger partial charge < -0.3 is 4.57 Å². The van der Waals surface area contributed by atoms with Crippen molar-refractivity contribution in [1.29, 1.82) is 0 Å². The van der Waals surface area contributed by atoms with Gasteiger partial charge in [-0.25, -0.2) is 9.97 Å². The van der Waals surface area contributed by atoms with Gasteiger partial charge in [0.05, 0.1) is 33.3 Å². The zero-order chi connectivity index (χ0) is 33.9. The van der Waals surface area contributed by atoms with Crippen LogP contribution in [0.1, 0.15) is 0 Å². The van der Waals surface area contributed by atoms with E-state index in [-0.39, 0.29) is 0 Å². The Balaban J connectivity index is 1.04. The van der Waals surface area contributed by atoms with Gasteiger partial charge in [0.2, 0.25) is 5.95 Å². The topological polar surface area (TPSA) is 35.6 Å². The minimum atomic E-state index is 0.694. The minimum Gasteiger partial charge on any atom is -0.309 e. The van der Waals surface area contributed by atoms with Crippen LogP contribution >= 0.6 is 0 Å². The third-order valence-electron chi connectivity index (χ3n) is 11.0. The summed E-state index contributed by atoms with van der Waals surface area (Å²) in [6, 6.07) is 61.3. The van der Waals surface area contributed by atoms with E-state index in [1.807, 2.05) is 0 Å². The summed E-state index contributed by atoms with van der Waals surface area (Å²) in [5.41, 5.74) is 13.7. The summed E-state index contributed by atoms with van der Waals surface area (Å²) in [6.45, 7) is 0. The molecule has 4 nitrogen and oxygen atoms in total. The highest BCUT2D eigenvalue weighted by Crippen LogP contribution is 2.46. The van der Waals surface area contributed by atoms with E-state index in [2.05, 4.69) is 179 Å². The van der Waals surface area contributed by atoms with Gasteiger partial charge in [-0.2, -0.15) is 0 Å². The summed E-state index contributed by atoms with van der Waals surface area (Å²) in [5, 5.41) is 8.47. The zero-order valence-corrected chi connectivity index (χ0v) is 28.0. The van der Waals surface area contributed by atoms with Crippen LogP contribution in [0, 0.1) is 0 Å². The molecule has 0 N–H and O–H groups in total. The van der Waals surface area contributed by atoms with Gasteiger partial charge >= 0.3 is 0 Å². The standard InChI is InChI=1S/C48H28N4/c1-2-11-33(12-3-1)51-42-19-8-6-15-36(42)40-27-32-25-29(21-22-31(32)28-45(40)51)30-23-24-44-39(26-30)35-14-7-9-20-43(35)52(44)48-49-41-18-10-17-37-34-13-4-5-16-38(34)47(50-48)46(37)41/h1-28H. The first-order valence-electron chi connectivity index (χ1n) is 17.8. The van der Waals surface area contributed by atoms with Crippen LogP contribution in [0.2, 0.25) is 0 Å². The minimum absolute atomic E-state index is 0.694. The van der Waals surface area contributed by atoms with Crippen molar-refractivity contribution in [3.8, 4) is 45.1 Å². The lowest BCUT2D eigenvalue weighted by molar-refractivity contribution is 1.02. The number of hydrogen-bond acceptors (Lipinski definition) is 2. The molecule has 52 heavy (non-hydrogen) atoms. The van der Waals surface area contributed by atoms with Gasteiger partial charge in [-0.05, 0) is 93.7 Å². The molecule has 0 radical (unpaired) electrons. The Kier molecular flexibility index (Phi) is 5.47. The molecule has 3 aromatic heterocycles. The first-order valence-corrected chi connectivity index (χ1v) is 17.8. The summed E-state index contributed by atoms with van der Waals surface area (Å²) in [6.07, 6.45) is 0.